The molecular formula is C9H15ClN4O3. The minimum atomic E-state index is -1.27. The van der Waals surface area contributed by atoms with Crippen LogP contribution in [0.1, 0.15) is 0 Å². The first-order chi connectivity index (χ1) is 8.10. The van der Waals surface area contributed by atoms with Gasteiger partial charge in [0.05, 0.1) is 26.0 Å². The van der Waals surface area contributed by atoms with Gasteiger partial charge < -0.3 is 26.0 Å². The van der Waals surface area contributed by atoms with Crippen molar-refractivity contribution < 1.29 is 15.3 Å². The lowest BCUT2D eigenvalue weighted by Crippen LogP contribution is -2.49. The van der Waals surface area contributed by atoms with Gasteiger partial charge in [-0.05, 0) is 0 Å². The van der Waals surface area contributed by atoms with Gasteiger partial charge in [-0.3, -0.25) is 0 Å². The topological polar surface area (TPSA) is 111 Å². The van der Waals surface area contributed by atoms with Crippen LogP contribution in [0.3, 0.4) is 0 Å². The summed E-state index contributed by atoms with van der Waals surface area (Å²) < 4.78 is 0. The molecule has 0 saturated carbocycles. The maximum Gasteiger partial charge on any atom is 0.224 e. The quantitative estimate of drug-likeness (QED) is 0.461. The molecule has 1 aromatic heterocycles. The molecule has 96 valence electrons. The summed E-state index contributed by atoms with van der Waals surface area (Å²) >= 11 is 5.87. The number of rotatable bonds is 6. The standard InChI is InChI=1S/C9H15ClN4O3/c1-11-8-12-2-6(10)7(13-8)14-9(3-15,4-16)5-17/h2,15-17H,3-5H2,1H3,(H2,11,12,13,14). The van der Waals surface area contributed by atoms with Crippen molar-refractivity contribution in [2.24, 2.45) is 0 Å². The first-order valence-electron chi connectivity index (χ1n) is 4.92. The fourth-order valence-corrected chi connectivity index (χ4v) is 1.23. The van der Waals surface area contributed by atoms with Crippen molar-refractivity contribution in [2.75, 3.05) is 37.5 Å². The van der Waals surface area contributed by atoms with Gasteiger partial charge in [0, 0.05) is 7.05 Å². The molecule has 0 aliphatic carbocycles. The predicted octanol–water partition coefficient (Wildman–Crippen LogP) is -0.701. The number of nitrogens with one attached hydrogen (secondary N) is 2. The number of aromatic nitrogens is 2. The monoisotopic (exact) mass is 262 g/mol. The molecular weight excluding hydrogens is 248 g/mol. The molecule has 0 unspecified atom stereocenters. The van der Waals surface area contributed by atoms with E-state index >= 15 is 0 Å². The summed E-state index contributed by atoms with van der Waals surface area (Å²) in [7, 11) is 1.64. The molecule has 0 amide bonds. The zero-order valence-electron chi connectivity index (χ0n) is 9.31. The Hall–Kier alpha value is -1.15. The average molecular weight is 263 g/mol. The van der Waals surface area contributed by atoms with E-state index in [1.165, 1.54) is 6.20 Å². The van der Waals surface area contributed by atoms with Crippen LogP contribution in [-0.4, -0.2) is 57.7 Å². The lowest BCUT2D eigenvalue weighted by molar-refractivity contribution is 0.0831. The molecule has 1 heterocycles. The van der Waals surface area contributed by atoms with Crippen molar-refractivity contribution in [3.05, 3.63) is 11.2 Å². The molecule has 0 bridgehead atoms. The van der Waals surface area contributed by atoms with Crippen LogP contribution in [0.15, 0.2) is 6.20 Å². The molecule has 8 heteroatoms. The second kappa shape index (κ2) is 5.97. The van der Waals surface area contributed by atoms with Gasteiger partial charge in [0.25, 0.3) is 0 Å². The van der Waals surface area contributed by atoms with Crippen LogP contribution < -0.4 is 10.6 Å². The van der Waals surface area contributed by atoms with Crippen molar-refractivity contribution in [1.82, 2.24) is 9.97 Å². The van der Waals surface area contributed by atoms with Crippen molar-refractivity contribution >= 4 is 23.4 Å². The van der Waals surface area contributed by atoms with E-state index < -0.39 is 25.4 Å². The molecule has 5 N–H and O–H groups in total. The van der Waals surface area contributed by atoms with Crippen LogP contribution >= 0.6 is 11.6 Å². The zero-order chi connectivity index (χ0) is 12.9. The van der Waals surface area contributed by atoms with Crippen molar-refractivity contribution in [1.29, 1.82) is 0 Å². The summed E-state index contributed by atoms with van der Waals surface area (Å²) in [6.45, 7) is -1.39. The minimum absolute atomic E-state index is 0.225. The normalized spacial score (nSPS) is 11.4. The smallest absolute Gasteiger partial charge is 0.224 e. The van der Waals surface area contributed by atoms with E-state index in [1.54, 1.807) is 7.05 Å². The maximum absolute atomic E-state index is 9.17. The lowest BCUT2D eigenvalue weighted by atomic mass is 10.0. The van der Waals surface area contributed by atoms with E-state index in [0.717, 1.165) is 0 Å². The van der Waals surface area contributed by atoms with E-state index in [2.05, 4.69) is 20.6 Å². The fraction of sp³-hybridized carbons (Fsp3) is 0.556. The third-order valence-corrected chi connectivity index (χ3v) is 2.54. The zero-order valence-corrected chi connectivity index (χ0v) is 10.1. The second-order valence-corrected chi connectivity index (χ2v) is 3.93. The number of hydrogen-bond acceptors (Lipinski definition) is 7. The molecule has 0 saturated heterocycles. The first-order valence-corrected chi connectivity index (χ1v) is 5.29. The van der Waals surface area contributed by atoms with Gasteiger partial charge in [-0.25, -0.2) is 4.98 Å². The molecule has 0 fully saturated rings. The van der Waals surface area contributed by atoms with Gasteiger partial charge in [0.15, 0.2) is 5.82 Å². The van der Waals surface area contributed by atoms with Crippen LogP contribution in [0.4, 0.5) is 11.8 Å². The molecule has 0 radical (unpaired) electrons. The number of aliphatic hydroxyl groups is 3. The van der Waals surface area contributed by atoms with Crippen LogP contribution in [0, 0.1) is 0 Å². The molecule has 7 nitrogen and oxygen atoms in total. The number of aliphatic hydroxyl groups excluding tert-OH is 3. The average Bonchev–Trinajstić information content (AvgIpc) is 2.38. The molecule has 1 aromatic rings. The molecule has 1 rings (SSSR count). The van der Waals surface area contributed by atoms with Crippen LogP contribution in [0.2, 0.25) is 5.02 Å². The largest absolute Gasteiger partial charge is 0.394 e. The molecule has 0 atom stereocenters. The highest BCUT2D eigenvalue weighted by atomic mass is 35.5. The van der Waals surface area contributed by atoms with Gasteiger partial charge in [-0.15, -0.1) is 0 Å². The minimum Gasteiger partial charge on any atom is -0.394 e. The third kappa shape index (κ3) is 3.16. The van der Waals surface area contributed by atoms with Gasteiger partial charge >= 0.3 is 0 Å². The Morgan fingerprint density at radius 1 is 1.29 bits per heavy atom. The van der Waals surface area contributed by atoms with E-state index in [4.69, 9.17) is 11.6 Å². The number of hydrogen-bond donors (Lipinski definition) is 5. The Morgan fingerprint density at radius 2 is 1.88 bits per heavy atom. The number of halogens is 1. The SMILES string of the molecule is CNc1ncc(Cl)c(NC(CO)(CO)CO)n1. The number of nitrogens with zero attached hydrogens (tertiary/aromatic N) is 2. The second-order valence-electron chi connectivity index (χ2n) is 3.52. The lowest BCUT2D eigenvalue weighted by Gasteiger charge is -2.29. The maximum atomic E-state index is 9.17. The predicted molar refractivity (Wildman–Crippen MR) is 64.2 cm³/mol. The van der Waals surface area contributed by atoms with E-state index in [1.807, 2.05) is 0 Å². The highest BCUT2D eigenvalue weighted by molar-refractivity contribution is 6.32. The van der Waals surface area contributed by atoms with Crippen molar-refractivity contribution in [2.45, 2.75) is 5.54 Å². The van der Waals surface area contributed by atoms with Crippen LogP contribution in [-0.2, 0) is 0 Å². The van der Waals surface area contributed by atoms with Crippen LogP contribution in [0.5, 0.6) is 0 Å². The molecule has 0 aliphatic rings. The summed E-state index contributed by atoms with van der Waals surface area (Å²) in [5.74, 6) is 0.558. The van der Waals surface area contributed by atoms with E-state index in [9.17, 15) is 15.3 Å². The molecule has 0 spiro atoms. The Kier molecular flexibility index (Phi) is 4.88. The van der Waals surface area contributed by atoms with Gasteiger partial charge in [0.1, 0.15) is 10.6 Å². The molecule has 0 aromatic carbocycles. The van der Waals surface area contributed by atoms with Gasteiger partial charge in [-0.1, -0.05) is 11.6 Å². The third-order valence-electron chi connectivity index (χ3n) is 2.26. The molecule has 17 heavy (non-hydrogen) atoms. The molecule has 0 aliphatic heterocycles. The summed E-state index contributed by atoms with van der Waals surface area (Å²) in [5.41, 5.74) is -1.27. The Labute approximate surface area is 103 Å². The van der Waals surface area contributed by atoms with E-state index in [-0.39, 0.29) is 10.8 Å². The Morgan fingerprint density at radius 3 is 2.35 bits per heavy atom. The van der Waals surface area contributed by atoms with Gasteiger partial charge in [-0.2, -0.15) is 4.98 Å². The van der Waals surface area contributed by atoms with E-state index in [0.29, 0.717) is 5.95 Å². The van der Waals surface area contributed by atoms with Crippen molar-refractivity contribution in [3.8, 4) is 0 Å². The first kappa shape index (κ1) is 13.9. The fourth-order valence-electron chi connectivity index (χ4n) is 1.09. The van der Waals surface area contributed by atoms with Crippen LogP contribution in [0.25, 0.3) is 0 Å². The highest BCUT2D eigenvalue weighted by Crippen LogP contribution is 2.22. The number of anilines is 2. The van der Waals surface area contributed by atoms with Crippen molar-refractivity contribution in [3.63, 3.8) is 0 Å². The summed E-state index contributed by atoms with van der Waals surface area (Å²) in [6, 6.07) is 0. The summed E-state index contributed by atoms with van der Waals surface area (Å²) in [5, 5.41) is 33.2. The summed E-state index contributed by atoms with van der Waals surface area (Å²) in [6.07, 6.45) is 1.37. The Balaban J connectivity index is 2.99. The highest BCUT2D eigenvalue weighted by Gasteiger charge is 2.29. The Bertz CT molecular complexity index is 365. The van der Waals surface area contributed by atoms with Gasteiger partial charge in [0.2, 0.25) is 5.95 Å². The summed E-state index contributed by atoms with van der Waals surface area (Å²) in [4.78, 5) is 7.90.